The summed E-state index contributed by atoms with van der Waals surface area (Å²) >= 11 is 0. The molecule has 1 aliphatic heterocycles. The van der Waals surface area contributed by atoms with Gasteiger partial charge in [-0.2, -0.15) is 13.2 Å². The first kappa shape index (κ1) is 15.2. The molecule has 2 nitrogen and oxygen atoms in total. The number of hydrogen-bond acceptors (Lipinski definition) is 2. The predicted molar refractivity (Wildman–Crippen MR) is 75.1 cm³/mol. The second-order valence-electron chi connectivity index (χ2n) is 5.73. The molecule has 0 amide bonds. The van der Waals surface area contributed by atoms with Crippen LogP contribution in [0.25, 0.3) is 0 Å². The lowest BCUT2D eigenvalue weighted by atomic mass is 10.1. The van der Waals surface area contributed by atoms with E-state index < -0.39 is 12.6 Å². The van der Waals surface area contributed by atoms with Gasteiger partial charge in [0.1, 0.15) is 0 Å². The molecule has 2 rings (SSSR count). The van der Waals surface area contributed by atoms with Crippen LogP contribution < -0.4 is 4.90 Å². The van der Waals surface area contributed by atoms with Crippen molar-refractivity contribution in [3.8, 4) is 0 Å². The van der Waals surface area contributed by atoms with Gasteiger partial charge < -0.3 is 4.90 Å². The van der Waals surface area contributed by atoms with Crippen molar-refractivity contribution in [2.75, 3.05) is 25.0 Å². The van der Waals surface area contributed by atoms with E-state index in [2.05, 4.69) is 30.7 Å². The first-order valence-corrected chi connectivity index (χ1v) is 6.89. The van der Waals surface area contributed by atoms with Gasteiger partial charge in [0.15, 0.2) is 0 Å². The first-order valence-electron chi connectivity index (χ1n) is 6.89. The van der Waals surface area contributed by atoms with E-state index >= 15 is 0 Å². The van der Waals surface area contributed by atoms with Crippen LogP contribution in [0.3, 0.4) is 0 Å². The van der Waals surface area contributed by atoms with Gasteiger partial charge >= 0.3 is 6.18 Å². The summed E-state index contributed by atoms with van der Waals surface area (Å²) in [6.45, 7) is 6.14. The number of anilines is 1. The van der Waals surface area contributed by atoms with E-state index in [1.807, 2.05) is 0 Å². The van der Waals surface area contributed by atoms with Gasteiger partial charge in [0.05, 0.1) is 6.42 Å². The van der Waals surface area contributed by atoms with E-state index in [0.717, 1.165) is 18.8 Å². The van der Waals surface area contributed by atoms with Crippen molar-refractivity contribution in [1.29, 1.82) is 0 Å². The molecule has 112 valence electrons. The maximum absolute atomic E-state index is 12.3. The summed E-state index contributed by atoms with van der Waals surface area (Å²) in [4.78, 5) is 4.57. The summed E-state index contributed by atoms with van der Waals surface area (Å²) in [6, 6.07) is 7.63. The molecule has 5 heteroatoms. The minimum atomic E-state index is -4.14. The lowest BCUT2D eigenvalue weighted by Gasteiger charge is -2.43. The molecule has 0 radical (unpaired) electrons. The summed E-state index contributed by atoms with van der Waals surface area (Å²) in [5.74, 6) is 0. The normalized spacial score (nSPS) is 25.0. The lowest BCUT2D eigenvalue weighted by Crippen LogP contribution is -2.55. The number of likely N-dealkylation sites (N-methyl/N-ethyl adjacent to an activating group) is 1. The number of hydrogen-bond donors (Lipinski definition) is 0. The average molecular weight is 286 g/mol. The van der Waals surface area contributed by atoms with Crippen molar-refractivity contribution in [1.82, 2.24) is 4.90 Å². The molecule has 20 heavy (non-hydrogen) atoms. The molecule has 1 fully saturated rings. The van der Waals surface area contributed by atoms with Gasteiger partial charge in [-0.1, -0.05) is 12.1 Å². The Labute approximate surface area is 118 Å². The third-order valence-electron chi connectivity index (χ3n) is 4.07. The monoisotopic (exact) mass is 286 g/mol. The molecule has 0 saturated carbocycles. The maximum atomic E-state index is 12.3. The van der Waals surface area contributed by atoms with Gasteiger partial charge in [-0.05, 0) is 38.6 Å². The number of benzene rings is 1. The van der Waals surface area contributed by atoms with Crippen molar-refractivity contribution in [2.45, 2.75) is 38.5 Å². The second kappa shape index (κ2) is 5.64. The first-order chi connectivity index (χ1) is 9.26. The van der Waals surface area contributed by atoms with Crippen LogP contribution >= 0.6 is 0 Å². The van der Waals surface area contributed by atoms with E-state index in [-0.39, 0.29) is 0 Å². The van der Waals surface area contributed by atoms with E-state index in [9.17, 15) is 13.2 Å². The van der Waals surface area contributed by atoms with Crippen LogP contribution in [0.4, 0.5) is 18.9 Å². The number of piperazine rings is 1. The van der Waals surface area contributed by atoms with Crippen LogP contribution in [-0.2, 0) is 6.42 Å². The highest BCUT2D eigenvalue weighted by Crippen LogP contribution is 2.25. The summed E-state index contributed by atoms with van der Waals surface area (Å²) in [5, 5.41) is 0. The Morgan fingerprint density at radius 3 is 2.00 bits per heavy atom. The fraction of sp³-hybridized carbons (Fsp3) is 0.600. The molecule has 1 heterocycles. The fourth-order valence-electron chi connectivity index (χ4n) is 2.67. The van der Waals surface area contributed by atoms with Crippen LogP contribution in [0.15, 0.2) is 24.3 Å². The van der Waals surface area contributed by atoms with Crippen LogP contribution in [-0.4, -0.2) is 43.3 Å². The van der Waals surface area contributed by atoms with E-state index in [1.54, 1.807) is 24.3 Å². The molecule has 2 unspecified atom stereocenters. The number of rotatable bonds is 2. The minimum Gasteiger partial charge on any atom is -0.368 e. The van der Waals surface area contributed by atoms with Crippen LogP contribution in [0.5, 0.6) is 0 Å². The summed E-state index contributed by atoms with van der Waals surface area (Å²) < 4.78 is 37.0. The van der Waals surface area contributed by atoms with Gasteiger partial charge in [-0.3, -0.25) is 4.90 Å². The van der Waals surface area contributed by atoms with Crippen LogP contribution in [0.2, 0.25) is 0 Å². The third-order valence-corrected chi connectivity index (χ3v) is 4.07. The van der Waals surface area contributed by atoms with Gasteiger partial charge in [0.2, 0.25) is 0 Å². The Morgan fingerprint density at radius 2 is 1.55 bits per heavy atom. The zero-order chi connectivity index (χ0) is 14.9. The number of alkyl halides is 3. The molecule has 1 aromatic rings. The Bertz CT molecular complexity index is 429. The van der Waals surface area contributed by atoms with E-state index in [1.165, 1.54) is 0 Å². The molecule has 1 aliphatic rings. The molecule has 0 bridgehead atoms. The highest BCUT2D eigenvalue weighted by Gasteiger charge is 2.28. The SMILES string of the molecule is CC1CN(c2ccc(CC(F)(F)F)cc2)CC(C)N1C. The fourth-order valence-corrected chi connectivity index (χ4v) is 2.67. The molecule has 0 N–H and O–H groups in total. The van der Waals surface area contributed by atoms with Crippen molar-refractivity contribution in [2.24, 2.45) is 0 Å². The molecule has 0 aliphatic carbocycles. The topological polar surface area (TPSA) is 6.48 Å². The molecule has 1 saturated heterocycles. The summed E-state index contributed by atoms with van der Waals surface area (Å²) in [5.41, 5.74) is 1.32. The lowest BCUT2D eigenvalue weighted by molar-refractivity contribution is -0.127. The highest BCUT2D eigenvalue weighted by molar-refractivity contribution is 5.48. The predicted octanol–water partition coefficient (Wildman–Crippen LogP) is 3.32. The van der Waals surface area contributed by atoms with Crippen molar-refractivity contribution < 1.29 is 13.2 Å². The largest absolute Gasteiger partial charge is 0.393 e. The van der Waals surface area contributed by atoms with E-state index in [0.29, 0.717) is 17.6 Å². The molecule has 1 aromatic carbocycles. The minimum absolute atomic E-state index is 0.316. The molecule has 2 atom stereocenters. The van der Waals surface area contributed by atoms with Crippen LogP contribution in [0.1, 0.15) is 19.4 Å². The van der Waals surface area contributed by atoms with Gasteiger partial charge in [0, 0.05) is 30.9 Å². The van der Waals surface area contributed by atoms with Crippen molar-refractivity contribution >= 4 is 5.69 Å². The molecular formula is C15H21F3N2. The molecule has 0 aromatic heterocycles. The maximum Gasteiger partial charge on any atom is 0.393 e. The molecule has 0 spiro atoms. The quantitative estimate of drug-likeness (QED) is 0.823. The zero-order valence-electron chi connectivity index (χ0n) is 12.1. The average Bonchev–Trinajstić information content (AvgIpc) is 2.34. The third kappa shape index (κ3) is 3.66. The Morgan fingerprint density at radius 1 is 1.05 bits per heavy atom. The van der Waals surface area contributed by atoms with E-state index in [4.69, 9.17) is 0 Å². The Hall–Kier alpha value is -1.23. The van der Waals surface area contributed by atoms with Gasteiger partial charge in [-0.15, -0.1) is 0 Å². The van der Waals surface area contributed by atoms with Gasteiger partial charge in [0.25, 0.3) is 0 Å². The van der Waals surface area contributed by atoms with Crippen molar-refractivity contribution in [3.05, 3.63) is 29.8 Å². The summed E-state index contributed by atoms with van der Waals surface area (Å²) in [7, 11) is 2.11. The standard InChI is InChI=1S/C15H21F3N2/c1-11-9-20(10-12(2)19(11)3)14-6-4-13(5-7-14)8-15(16,17)18/h4-7,11-12H,8-10H2,1-3H3. The Kier molecular flexibility index (Phi) is 4.28. The van der Waals surface area contributed by atoms with Crippen LogP contribution in [0, 0.1) is 0 Å². The molecular weight excluding hydrogens is 265 g/mol. The number of halogens is 3. The smallest absolute Gasteiger partial charge is 0.368 e. The van der Waals surface area contributed by atoms with Gasteiger partial charge in [-0.25, -0.2) is 0 Å². The zero-order valence-corrected chi connectivity index (χ0v) is 12.1. The second-order valence-corrected chi connectivity index (χ2v) is 5.73. The van der Waals surface area contributed by atoms with Crippen molar-refractivity contribution in [3.63, 3.8) is 0 Å². The Balaban J connectivity index is 2.07. The highest BCUT2D eigenvalue weighted by atomic mass is 19.4. The summed E-state index contributed by atoms with van der Waals surface area (Å²) in [6.07, 6.45) is -5.00. The number of nitrogens with zero attached hydrogens (tertiary/aromatic N) is 2.